The van der Waals surface area contributed by atoms with Crippen molar-refractivity contribution in [3.63, 3.8) is 0 Å². The van der Waals surface area contributed by atoms with Crippen LogP contribution in [0.25, 0.3) is 0 Å². The van der Waals surface area contributed by atoms with Crippen LogP contribution in [-0.2, 0) is 6.42 Å². The Morgan fingerprint density at radius 3 is 2.85 bits per heavy atom. The van der Waals surface area contributed by atoms with Gasteiger partial charge in [-0.15, -0.1) is 12.4 Å². The van der Waals surface area contributed by atoms with E-state index >= 15 is 0 Å². The van der Waals surface area contributed by atoms with Crippen LogP contribution in [0.15, 0.2) is 16.6 Å². The largest absolute Gasteiger partial charge is 0.324 e. The van der Waals surface area contributed by atoms with Crippen LogP contribution >= 0.6 is 39.9 Å². The van der Waals surface area contributed by atoms with Gasteiger partial charge >= 0.3 is 0 Å². The van der Waals surface area contributed by atoms with Crippen molar-refractivity contribution in [1.29, 1.82) is 0 Å². The first kappa shape index (κ1) is 11.3. The molecule has 1 nitrogen and oxygen atoms in total. The second-order valence-electron chi connectivity index (χ2n) is 3.11. The second kappa shape index (κ2) is 4.18. The molecule has 72 valence electrons. The maximum absolute atomic E-state index is 5.95. The third-order valence-electron chi connectivity index (χ3n) is 2.31. The van der Waals surface area contributed by atoms with Crippen LogP contribution in [-0.4, -0.2) is 0 Å². The van der Waals surface area contributed by atoms with E-state index in [4.69, 9.17) is 17.3 Å². The molecular formula is C9H10BrCl2N. The van der Waals surface area contributed by atoms with E-state index in [0.29, 0.717) is 0 Å². The number of rotatable bonds is 0. The lowest BCUT2D eigenvalue weighted by Crippen LogP contribution is -2.04. The van der Waals surface area contributed by atoms with Crippen molar-refractivity contribution in [1.82, 2.24) is 0 Å². The summed E-state index contributed by atoms with van der Waals surface area (Å²) in [6.07, 6.45) is 2.10. The number of hydrogen-bond donors (Lipinski definition) is 1. The maximum Gasteiger partial charge on any atom is 0.0551 e. The molecule has 0 aromatic heterocycles. The zero-order chi connectivity index (χ0) is 8.72. The standard InChI is InChI=1S/C9H9BrClN.ClH/c10-7-4-6-5(3-8(7)11)1-2-9(6)12;/h3-4,9H,1-2,12H2;1H. The average molecular weight is 283 g/mol. The molecule has 0 radical (unpaired) electrons. The lowest BCUT2D eigenvalue weighted by Gasteiger charge is -2.05. The molecule has 0 amide bonds. The minimum Gasteiger partial charge on any atom is -0.324 e. The summed E-state index contributed by atoms with van der Waals surface area (Å²) in [5.41, 5.74) is 8.44. The summed E-state index contributed by atoms with van der Waals surface area (Å²) in [6, 6.07) is 4.25. The molecule has 0 aliphatic heterocycles. The molecule has 0 saturated carbocycles. The third-order valence-corrected chi connectivity index (χ3v) is 3.50. The summed E-state index contributed by atoms with van der Waals surface area (Å²) in [7, 11) is 0. The van der Waals surface area contributed by atoms with Crippen LogP contribution < -0.4 is 5.73 Å². The lowest BCUT2D eigenvalue weighted by molar-refractivity contribution is 0.713. The summed E-state index contributed by atoms with van der Waals surface area (Å²) < 4.78 is 0.945. The highest BCUT2D eigenvalue weighted by Crippen LogP contribution is 2.35. The molecule has 0 fully saturated rings. The molecule has 1 aliphatic rings. The number of fused-ring (bicyclic) bond motifs is 1. The molecule has 0 saturated heterocycles. The quantitative estimate of drug-likeness (QED) is 0.775. The summed E-state index contributed by atoms with van der Waals surface area (Å²) in [5.74, 6) is 0. The molecule has 0 heterocycles. The average Bonchev–Trinajstić information content (AvgIpc) is 2.35. The van der Waals surface area contributed by atoms with Crippen molar-refractivity contribution in [3.8, 4) is 0 Å². The molecule has 0 spiro atoms. The van der Waals surface area contributed by atoms with E-state index in [1.807, 2.05) is 12.1 Å². The highest BCUT2D eigenvalue weighted by molar-refractivity contribution is 9.10. The fourth-order valence-corrected chi connectivity index (χ4v) is 2.18. The van der Waals surface area contributed by atoms with E-state index in [1.54, 1.807) is 0 Å². The topological polar surface area (TPSA) is 26.0 Å². The Labute approximate surface area is 97.2 Å². The Hall–Kier alpha value is 0.240. The second-order valence-corrected chi connectivity index (χ2v) is 4.37. The Balaban J connectivity index is 0.000000845. The fourth-order valence-electron chi connectivity index (χ4n) is 1.63. The van der Waals surface area contributed by atoms with Gasteiger partial charge in [0.15, 0.2) is 0 Å². The maximum atomic E-state index is 5.95. The van der Waals surface area contributed by atoms with Crippen LogP contribution in [0.2, 0.25) is 5.02 Å². The number of aryl methyl sites for hydroxylation is 1. The third kappa shape index (κ3) is 2.01. The Morgan fingerprint density at radius 1 is 1.46 bits per heavy atom. The zero-order valence-electron chi connectivity index (χ0n) is 6.89. The predicted octanol–water partition coefficient (Wildman–Crippen LogP) is 3.47. The first-order valence-corrected chi connectivity index (χ1v) is 5.09. The van der Waals surface area contributed by atoms with E-state index in [1.165, 1.54) is 11.1 Å². The molecule has 4 heteroatoms. The van der Waals surface area contributed by atoms with E-state index < -0.39 is 0 Å². The van der Waals surface area contributed by atoms with Gasteiger partial charge in [0, 0.05) is 10.5 Å². The monoisotopic (exact) mass is 281 g/mol. The Kier molecular flexibility index (Phi) is 3.64. The summed E-state index contributed by atoms with van der Waals surface area (Å²) in [4.78, 5) is 0. The number of halogens is 3. The highest BCUT2D eigenvalue weighted by Gasteiger charge is 2.19. The van der Waals surface area contributed by atoms with Gasteiger partial charge in [0.05, 0.1) is 5.02 Å². The van der Waals surface area contributed by atoms with Crippen LogP contribution in [0.4, 0.5) is 0 Å². The molecule has 2 rings (SSSR count). The van der Waals surface area contributed by atoms with Gasteiger partial charge in [0.2, 0.25) is 0 Å². The first-order valence-electron chi connectivity index (χ1n) is 3.92. The van der Waals surface area contributed by atoms with Gasteiger partial charge in [0.1, 0.15) is 0 Å². The van der Waals surface area contributed by atoms with Gasteiger partial charge in [-0.2, -0.15) is 0 Å². The number of benzene rings is 1. The lowest BCUT2D eigenvalue weighted by atomic mass is 10.1. The molecule has 1 atom stereocenters. The van der Waals surface area contributed by atoms with Crippen molar-refractivity contribution < 1.29 is 0 Å². The minimum absolute atomic E-state index is 0. The minimum atomic E-state index is 0. The van der Waals surface area contributed by atoms with Gasteiger partial charge in [-0.25, -0.2) is 0 Å². The van der Waals surface area contributed by atoms with E-state index in [9.17, 15) is 0 Å². The predicted molar refractivity (Wildman–Crippen MR) is 61.6 cm³/mol. The van der Waals surface area contributed by atoms with Crippen molar-refractivity contribution in [2.45, 2.75) is 18.9 Å². The summed E-state index contributed by atoms with van der Waals surface area (Å²) in [6.45, 7) is 0. The van der Waals surface area contributed by atoms with E-state index in [0.717, 1.165) is 22.3 Å². The van der Waals surface area contributed by atoms with Gasteiger partial charge in [0.25, 0.3) is 0 Å². The molecular weight excluding hydrogens is 273 g/mol. The smallest absolute Gasteiger partial charge is 0.0551 e. The Bertz CT molecular complexity index is 328. The number of nitrogens with two attached hydrogens (primary N) is 1. The van der Waals surface area contributed by atoms with Gasteiger partial charge in [-0.3, -0.25) is 0 Å². The van der Waals surface area contributed by atoms with E-state index in [-0.39, 0.29) is 18.4 Å². The van der Waals surface area contributed by atoms with Gasteiger partial charge < -0.3 is 5.73 Å². The highest BCUT2D eigenvalue weighted by atomic mass is 79.9. The van der Waals surface area contributed by atoms with Crippen LogP contribution in [0.1, 0.15) is 23.6 Å². The molecule has 1 unspecified atom stereocenters. The van der Waals surface area contributed by atoms with Crippen LogP contribution in [0.3, 0.4) is 0 Å². The van der Waals surface area contributed by atoms with Gasteiger partial charge in [-0.05, 0) is 52.0 Å². The van der Waals surface area contributed by atoms with Crippen molar-refractivity contribution >= 4 is 39.9 Å². The summed E-state index contributed by atoms with van der Waals surface area (Å²) in [5, 5.41) is 0.780. The molecule has 1 aromatic rings. The molecule has 0 bridgehead atoms. The van der Waals surface area contributed by atoms with Crippen molar-refractivity contribution in [2.75, 3.05) is 0 Å². The van der Waals surface area contributed by atoms with Crippen molar-refractivity contribution in [3.05, 3.63) is 32.8 Å². The molecule has 2 N–H and O–H groups in total. The first-order chi connectivity index (χ1) is 5.68. The Morgan fingerprint density at radius 2 is 2.15 bits per heavy atom. The zero-order valence-corrected chi connectivity index (χ0v) is 10.0. The summed E-state index contributed by atoms with van der Waals surface area (Å²) >= 11 is 9.34. The normalized spacial score (nSPS) is 19.5. The molecule has 1 aromatic carbocycles. The molecule has 13 heavy (non-hydrogen) atoms. The molecule has 1 aliphatic carbocycles. The fraction of sp³-hybridized carbons (Fsp3) is 0.333. The number of hydrogen-bond acceptors (Lipinski definition) is 1. The van der Waals surface area contributed by atoms with Gasteiger partial charge in [-0.1, -0.05) is 11.6 Å². The van der Waals surface area contributed by atoms with Crippen LogP contribution in [0, 0.1) is 0 Å². The SMILES string of the molecule is Cl.NC1CCc2cc(Cl)c(Br)cc21. The van der Waals surface area contributed by atoms with E-state index in [2.05, 4.69) is 15.9 Å². The van der Waals surface area contributed by atoms with Crippen LogP contribution in [0.5, 0.6) is 0 Å². The van der Waals surface area contributed by atoms with Crippen molar-refractivity contribution in [2.24, 2.45) is 5.73 Å².